The van der Waals surface area contributed by atoms with Gasteiger partial charge in [0.25, 0.3) is 0 Å². The number of halogens is 3. The van der Waals surface area contributed by atoms with Crippen molar-refractivity contribution < 1.29 is 13.2 Å². The van der Waals surface area contributed by atoms with E-state index in [-0.39, 0.29) is 0 Å². The predicted octanol–water partition coefficient (Wildman–Crippen LogP) is 6.98. The van der Waals surface area contributed by atoms with Gasteiger partial charge >= 0.3 is 6.18 Å². The summed E-state index contributed by atoms with van der Waals surface area (Å²) in [5.41, 5.74) is 2.84. The zero-order valence-corrected chi connectivity index (χ0v) is 15.7. The number of rotatable bonds is 3. The van der Waals surface area contributed by atoms with Crippen molar-refractivity contribution in [1.29, 1.82) is 0 Å². The summed E-state index contributed by atoms with van der Waals surface area (Å²) in [6.07, 6.45) is 2.36. The summed E-state index contributed by atoms with van der Waals surface area (Å²) in [7, 11) is 0. The van der Waals surface area contributed by atoms with Crippen molar-refractivity contribution in [3.05, 3.63) is 70.8 Å². The molecule has 0 bridgehead atoms. The molecule has 0 unspecified atom stereocenters. The minimum atomic E-state index is -4.29. The third-order valence-electron chi connectivity index (χ3n) is 5.35. The second-order valence-corrected chi connectivity index (χ2v) is 7.38. The van der Waals surface area contributed by atoms with Gasteiger partial charge in [0.05, 0.1) is 5.56 Å². The molecule has 1 aliphatic carbocycles. The Hall–Kier alpha value is -2.21. The van der Waals surface area contributed by atoms with Crippen LogP contribution in [0, 0.1) is 17.8 Å². The molecule has 0 saturated heterocycles. The summed E-state index contributed by atoms with van der Waals surface area (Å²) in [6, 6.07) is 14.1. The Labute approximate surface area is 159 Å². The summed E-state index contributed by atoms with van der Waals surface area (Å²) in [5, 5.41) is 0. The zero-order chi connectivity index (χ0) is 19.3. The maximum absolute atomic E-state index is 12.6. The molecule has 0 radical (unpaired) electrons. The summed E-state index contributed by atoms with van der Waals surface area (Å²) < 4.78 is 37.8. The summed E-state index contributed by atoms with van der Waals surface area (Å²) in [6.45, 7) is 2.20. The lowest BCUT2D eigenvalue weighted by Gasteiger charge is -2.26. The van der Waals surface area contributed by atoms with Gasteiger partial charge in [-0.25, -0.2) is 0 Å². The van der Waals surface area contributed by atoms with E-state index in [4.69, 9.17) is 0 Å². The Morgan fingerprint density at radius 2 is 1.52 bits per heavy atom. The van der Waals surface area contributed by atoms with Crippen LogP contribution >= 0.6 is 0 Å². The highest BCUT2D eigenvalue weighted by Crippen LogP contribution is 2.35. The van der Waals surface area contributed by atoms with Crippen molar-refractivity contribution in [2.75, 3.05) is 0 Å². The van der Waals surface area contributed by atoms with Gasteiger partial charge in [0.1, 0.15) is 0 Å². The molecule has 27 heavy (non-hydrogen) atoms. The van der Waals surface area contributed by atoms with Gasteiger partial charge in [0.15, 0.2) is 0 Å². The van der Waals surface area contributed by atoms with E-state index in [1.165, 1.54) is 29.7 Å². The highest BCUT2D eigenvalue weighted by atomic mass is 19.4. The molecule has 2 aromatic carbocycles. The van der Waals surface area contributed by atoms with Gasteiger partial charge < -0.3 is 0 Å². The van der Waals surface area contributed by atoms with Crippen molar-refractivity contribution >= 4 is 0 Å². The van der Waals surface area contributed by atoms with Crippen LogP contribution in [-0.2, 0) is 12.6 Å². The van der Waals surface area contributed by atoms with E-state index in [9.17, 15) is 13.2 Å². The molecule has 0 aliphatic heterocycles. The van der Waals surface area contributed by atoms with Crippen LogP contribution in [0.2, 0.25) is 0 Å². The van der Waals surface area contributed by atoms with Crippen molar-refractivity contribution in [3.8, 4) is 11.8 Å². The normalized spacial score (nSPS) is 20.0. The predicted molar refractivity (Wildman–Crippen MR) is 103 cm³/mol. The fraction of sp³-hybridized carbons (Fsp3) is 0.417. The van der Waals surface area contributed by atoms with Gasteiger partial charge in [-0.1, -0.05) is 49.5 Å². The molecule has 0 amide bonds. The molecular formula is C24H25F3. The van der Waals surface area contributed by atoms with Crippen molar-refractivity contribution in [1.82, 2.24) is 0 Å². The summed E-state index contributed by atoms with van der Waals surface area (Å²) >= 11 is 0. The fourth-order valence-electron chi connectivity index (χ4n) is 3.74. The highest BCUT2D eigenvalue weighted by Gasteiger charge is 2.29. The van der Waals surface area contributed by atoms with Gasteiger partial charge in [-0.2, -0.15) is 13.2 Å². The van der Waals surface area contributed by atoms with Gasteiger partial charge in [-0.3, -0.25) is 0 Å². The zero-order valence-electron chi connectivity index (χ0n) is 15.7. The lowest BCUT2D eigenvalue weighted by molar-refractivity contribution is -0.137. The van der Waals surface area contributed by atoms with E-state index in [2.05, 4.69) is 43.0 Å². The van der Waals surface area contributed by atoms with Gasteiger partial charge in [-0.15, -0.1) is 0 Å². The first kappa shape index (κ1) is 19.5. The number of aryl methyl sites for hydroxylation is 1. The Bertz CT molecular complexity index is 781. The highest BCUT2D eigenvalue weighted by molar-refractivity contribution is 5.37. The molecule has 1 saturated carbocycles. The van der Waals surface area contributed by atoms with Crippen molar-refractivity contribution in [2.24, 2.45) is 5.92 Å². The first-order valence-corrected chi connectivity index (χ1v) is 9.73. The molecule has 3 rings (SSSR count). The standard InChI is InChI=1S/C24H25F3/c1-2-3-18-6-12-21(13-7-18)22-14-8-19(9-15-22)4-5-20-10-16-23(17-11-20)24(25,26)27/h6-7,10-13,16-17,19,22H,2-3,8-9,14-15H2,1H3. The molecule has 0 heterocycles. The lowest BCUT2D eigenvalue weighted by Crippen LogP contribution is -2.12. The van der Waals surface area contributed by atoms with E-state index < -0.39 is 11.7 Å². The maximum atomic E-state index is 12.6. The lowest BCUT2D eigenvalue weighted by atomic mass is 9.78. The summed E-state index contributed by atoms with van der Waals surface area (Å²) in [4.78, 5) is 0. The minimum absolute atomic E-state index is 0.336. The van der Waals surface area contributed by atoms with E-state index >= 15 is 0 Å². The van der Waals surface area contributed by atoms with Gasteiger partial charge in [0, 0.05) is 11.5 Å². The average Bonchev–Trinajstić information content (AvgIpc) is 2.67. The van der Waals surface area contributed by atoms with Gasteiger partial charge in [0.2, 0.25) is 0 Å². The van der Waals surface area contributed by atoms with Crippen LogP contribution in [-0.4, -0.2) is 0 Å². The largest absolute Gasteiger partial charge is 0.416 e. The SMILES string of the molecule is CCCc1ccc(C2CCC(C#Cc3ccc(C(F)(F)F)cc3)CC2)cc1. The molecule has 1 fully saturated rings. The monoisotopic (exact) mass is 370 g/mol. The Morgan fingerprint density at radius 1 is 0.889 bits per heavy atom. The average molecular weight is 370 g/mol. The Balaban J connectivity index is 1.55. The number of hydrogen-bond acceptors (Lipinski definition) is 0. The number of benzene rings is 2. The molecular weight excluding hydrogens is 345 g/mol. The maximum Gasteiger partial charge on any atom is 0.416 e. The van der Waals surface area contributed by atoms with Crippen LogP contribution in [0.15, 0.2) is 48.5 Å². The second-order valence-electron chi connectivity index (χ2n) is 7.38. The fourth-order valence-corrected chi connectivity index (χ4v) is 3.74. The van der Waals surface area contributed by atoms with E-state index in [1.54, 1.807) is 0 Å². The number of alkyl halides is 3. The van der Waals surface area contributed by atoms with E-state index in [0.29, 0.717) is 17.4 Å². The molecule has 3 heteroatoms. The van der Waals surface area contributed by atoms with Crippen LogP contribution in [0.1, 0.15) is 67.2 Å². The molecule has 0 nitrogen and oxygen atoms in total. The molecule has 0 spiro atoms. The third kappa shape index (κ3) is 5.39. The first-order chi connectivity index (χ1) is 13.0. The van der Waals surface area contributed by atoms with Crippen molar-refractivity contribution in [3.63, 3.8) is 0 Å². The second kappa shape index (κ2) is 8.65. The van der Waals surface area contributed by atoms with Crippen LogP contribution in [0.5, 0.6) is 0 Å². The van der Waals surface area contributed by atoms with Gasteiger partial charge in [-0.05, 0) is 73.4 Å². The molecule has 0 N–H and O–H groups in total. The van der Waals surface area contributed by atoms with E-state index in [1.807, 2.05) is 0 Å². The van der Waals surface area contributed by atoms with E-state index in [0.717, 1.165) is 44.2 Å². The van der Waals surface area contributed by atoms with Crippen molar-refractivity contribution in [2.45, 2.75) is 57.5 Å². The summed E-state index contributed by atoms with van der Waals surface area (Å²) in [5.74, 6) is 7.25. The van der Waals surface area contributed by atoms with Crippen LogP contribution in [0.4, 0.5) is 13.2 Å². The quantitative estimate of drug-likeness (QED) is 0.511. The topological polar surface area (TPSA) is 0 Å². The molecule has 0 atom stereocenters. The molecule has 0 aromatic heterocycles. The Kier molecular flexibility index (Phi) is 6.26. The third-order valence-corrected chi connectivity index (χ3v) is 5.35. The Morgan fingerprint density at radius 3 is 2.07 bits per heavy atom. The molecule has 1 aliphatic rings. The minimum Gasteiger partial charge on any atom is -0.166 e. The van der Waals surface area contributed by atoms with Crippen LogP contribution in [0.3, 0.4) is 0 Å². The smallest absolute Gasteiger partial charge is 0.166 e. The molecule has 142 valence electrons. The van der Waals surface area contributed by atoms with Crippen LogP contribution in [0.25, 0.3) is 0 Å². The number of hydrogen-bond donors (Lipinski definition) is 0. The van der Waals surface area contributed by atoms with Crippen LogP contribution < -0.4 is 0 Å². The molecule has 2 aromatic rings. The first-order valence-electron chi connectivity index (χ1n) is 9.73.